The van der Waals surface area contributed by atoms with E-state index in [0.29, 0.717) is 32.0 Å². The van der Waals surface area contributed by atoms with Crippen LogP contribution in [-0.2, 0) is 14.9 Å². The predicted octanol–water partition coefficient (Wildman–Crippen LogP) is 2.53. The van der Waals surface area contributed by atoms with Crippen LogP contribution in [0.4, 0.5) is 5.69 Å². The molecule has 0 unspecified atom stereocenters. The molecule has 0 N–H and O–H groups in total. The Kier molecular flexibility index (Phi) is 3.36. The Morgan fingerprint density at radius 2 is 1.90 bits per heavy atom. The molecule has 0 saturated carbocycles. The number of hydrogen-bond acceptors (Lipinski definition) is 3. The Labute approximate surface area is 125 Å². The van der Waals surface area contributed by atoms with E-state index in [-0.39, 0.29) is 11.3 Å². The number of hydrogen-bond donors (Lipinski definition) is 0. The minimum atomic E-state index is -0.332. The second-order valence-electron chi connectivity index (χ2n) is 6.47. The summed E-state index contributed by atoms with van der Waals surface area (Å²) in [4.78, 5) is 19.4. The van der Waals surface area contributed by atoms with Crippen molar-refractivity contribution in [2.24, 2.45) is 4.99 Å². The lowest BCUT2D eigenvalue weighted by molar-refractivity contribution is -0.128. The molecule has 1 amide bonds. The molecule has 0 atom stereocenters. The number of fused-ring (bicyclic) bond motifs is 1. The zero-order valence-corrected chi connectivity index (χ0v) is 13.2. The minimum absolute atomic E-state index is 0.0524. The first-order valence-electron chi connectivity index (χ1n) is 7.49. The highest BCUT2D eigenvalue weighted by atomic mass is 16.5. The number of aliphatic imine (C=N–C) groups is 1. The van der Waals surface area contributed by atoms with Gasteiger partial charge in [0.25, 0.3) is 5.91 Å². The van der Waals surface area contributed by atoms with Gasteiger partial charge in [0.15, 0.2) is 0 Å². The molecule has 2 aliphatic heterocycles. The summed E-state index contributed by atoms with van der Waals surface area (Å²) >= 11 is 0. The highest BCUT2D eigenvalue weighted by Gasteiger charge is 2.41. The average Bonchev–Trinajstić information content (AvgIpc) is 2.71. The first-order chi connectivity index (χ1) is 9.91. The molecule has 4 nitrogen and oxygen atoms in total. The van der Waals surface area contributed by atoms with Crippen LogP contribution < -0.4 is 0 Å². The third kappa shape index (κ3) is 2.27. The maximum absolute atomic E-state index is 12.8. The second-order valence-corrected chi connectivity index (χ2v) is 6.47. The maximum atomic E-state index is 12.8. The number of morpholine rings is 1. The van der Waals surface area contributed by atoms with E-state index in [1.165, 1.54) is 5.56 Å². The first kappa shape index (κ1) is 14.3. The number of ether oxygens (including phenoxy) is 1. The summed E-state index contributed by atoms with van der Waals surface area (Å²) in [6.07, 6.45) is 0. The Hall–Kier alpha value is -1.68. The normalized spacial score (nSPS) is 20.2. The van der Waals surface area contributed by atoms with Gasteiger partial charge in [-0.05, 0) is 38.8 Å². The quantitative estimate of drug-likeness (QED) is 0.796. The molecule has 3 rings (SSSR count). The number of nitrogens with zero attached hydrogens (tertiary/aromatic N) is 2. The summed E-state index contributed by atoms with van der Waals surface area (Å²) in [6, 6.07) is 4.28. The molecule has 0 aliphatic carbocycles. The van der Waals surface area contributed by atoms with Gasteiger partial charge >= 0.3 is 0 Å². The standard InChI is InChI=1S/C17H22N2O2/c1-11-9-12(2)14-13(10-11)17(3,4)15(18-14)16(20)19-5-7-21-8-6-19/h9-10H,5-8H2,1-4H3. The van der Waals surface area contributed by atoms with Gasteiger partial charge in [-0.15, -0.1) is 0 Å². The third-order valence-corrected chi connectivity index (χ3v) is 4.43. The summed E-state index contributed by atoms with van der Waals surface area (Å²) in [5.74, 6) is 0.0524. The van der Waals surface area contributed by atoms with Crippen LogP contribution in [0.3, 0.4) is 0 Å². The van der Waals surface area contributed by atoms with E-state index in [0.717, 1.165) is 16.8 Å². The number of amides is 1. The van der Waals surface area contributed by atoms with Crippen molar-refractivity contribution in [2.45, 2.75) is 33.1 Å². The molecule has 0 aromatic heterocycles. The van der Waals surface area contributed by atoms with Crippen molar-refractivity contribution in [3.63, 3.8) is 0 Å². The number of carbonyl (C=O) groups is 1. The van der Waals surface area contributed by atoms with E-state index in [9.17, 15) is 4.79 Å². The molecule has 2 aliphatic rings. The lowest BCUT2D eigenvalue weighted by Gasteiger charge is -2.30. The van der Waals surface area contributed by atoms with Gasteiger partial charge < -0.3 is 9.64 Å². The Morgan fingerprint density at radius 1 is 1.24 bits per heavy atom. The molecule has 0 bridgehead atoms. The van der Waals surface area contributed by atoms with Gasteiger partial charge in [-0.2, -0.15) is 0 Å². The summed E-state index contributed by atoms with van der Waals surface area (Å²) in [5, 5.41) is 0. The number of carbonyl (C=O) groups excluding carboxylic acids is 1. The van der Waals surface area contributed by atoms with E-state index < -0.39 is 0 Å². The van der Waals surface area contributed by atoms with Crippen LogP contribution in [-0.4, -0.2) is 42.8 Å². The second kappa shape index (κ2) is 4.95. The van der Waals surface area contributed by atoms with Gasteiger partial charge in [-0.25, -0.2) is 4.99 Å². The van der Waals surface area contributed by atoms with Crippen LogP contribution in [0, 0.1) is 13.8 Å². The van der Waals surface area contributed by atoms with Crippen LogP contribution in [0.15, 0.2) is 17.1 Å². The van der Waals surface area contributed by atoms with Crippen molar-refractivity contribution in [3.8, 4) is 0 Å². The molecule has 4 heteroatoms. The Balaban J connectivity index is 1.99. The van der Waals surface area contributed by atoms with Gasteiger partial charge in [0.05, 0.1) is 18.9 Å². The van der Waals surface area contributed by atoms with Crippen molar-refractivity contribution >= 4 is 17.3 Å². The number of rotatable bonds is 1. The first-order valence-corrected chi connectivity index (χ1v) is 7.49. The lowest BCUT2D eigenvalue weighted by Crippen LogP contribution is -2.47. The van der Waals surface area contributed by atoms with Gasteiger partial charge in [-0.1, -0.05) is 17.7 Å². The van der Waals surface area contributed by atoms with Crippen molar-refractivity contribution in [3.05, 3.63) is 28.8 Å². The monoisotopic (exact) mass is 286 g/mol. The maximum Gasteiger partial charge on any atom is 0.269 e. The zero-order valence-electron chi connectivity index (χ0n) is 13.2. The fourth-order valence-electron chi connectivity index (χ4n) is 3.20. The van der Waals surface area contributed by atoms with Crippen molar-refractivity contribution in [2.75, 3.05) is 26.3 Å². The Bertz CT molecular complexity index is 626. The van der Waals surface area contributed by atoms with E-state index in [1.807, 2.05) is 4.90 Å². The molecular weight excluding hydrogens is 264 g/mol. The fraction of sp³-hybridized carbons (Fsp3) is 0.529. The van der Waals surface area contributed by atoms with Gasteiger partial charge in [-0.3, -0.25) is 4.79 Å². The largest absolute Gasteiger partial charge is 0.378 e. The van der Waals surface area contributed by atoms with Gasteiger partial charge in [0, 0.05) is 18.5 Å². The minimum Gasteiger partial charge on any atom is -0.378 e. The molecule has 21 heavy (non-hydrogen) atoms. The highest BCUT2D eigenvalue weighted by Crippen LogP contribution is 2.43. The van der Waals surface area contributed by atoms with Gasteiger partial charge in [0.2, 0.25) is 0 Å². The predicted molar refractivity (Wildman–Crippen MR) is 83.4 cm³/mol. The number of aryl methyl sites for hydroxylation is 2. The van der Waals surface area contributed by atoms with E-state index in [4.69, 9.17) is 9.73 Å². The zero-order chi connectivity index (χ0) is 15.2. The molecule has 1 fully saturated rings. The SMILES string of the molecule is Cc1cc(C)c2c(c1)C(C)(C)C(C(=O)N1CCOCC1)=N2. The summed E-state index contributed by atoms with van der Waals surface area (Å²) in [7, 11) is 0. The molecular formula is C17H22N2O2. The highest BCUT2D eigenvalue weighted by molar-refractivity contribution is 6.43. The van der Waals surface area contributed by atoms with Crippen LogP contribution in [0.2, 0.25) is 0 Å². The van der Waals surface area contributed by atoms with E-state index in [1.54, 1.807) is 0 Å². The van der Waals surface area contributed by atoms with E-state index in [2.05, 4.69) is 39.8 Å². The topological polar surface area (TPSA) is 41.9 Å². The molecule has 1 saturated heterocycles. The van der Waals surface area contributed by atoms with Crippen molar-refractivity contribution < 1.29 is 9.53 Å². The van der Waals surface area contributed by atoms with Crippen molar-refractivity contribution in [1.29, 1.82) is 0 Å². The van der Waals surface area contributed by atoms with Gasteiger partial charge in [0.1, 0.15) is 5.71 Å². The summed E-state index contributed by atoms with van der Waals surface area (Å²) in [5.41, 5.74) is 4.82. The fourth-order valence-corrected chi connectivity index (χ4v) is 3.20. The molecule has 1 aromatic carbocycles. The van der Waals surface area contributed by atoms with Crippen LogP contribution >= 0.6 is 0 Å². The summed E-state index contributed by atoms with van der Waals surface area (Å²) < 4.78 is 5.33. The van der Waals surface area contributed by atoms with Crippen molar-refractivity contribution in [1.82, 2.24) is 4.90 Å². The number of benzene rings is 1. The average molecular weight is 286 g/mol. The molecule has 2 heterocycles. The molecule has 0 spiro atoms. The van der Waals surface area contributed by atoms with Crippen LogP contribution in [0.1, 0.15) is 30.5 Å². The molecule has 0 radical (unpaired) electrons. The molecule has 1 aromatic rings. The Morgan fingerprint density at radius 3 is 2.57 bits per heavy atom. The lowest BCUT2D eigenvalue weighted by atomic mass is 9.80. The summed E-state index contributed by atoms with van der Waals surface area (Å²) in [6.45, 7) is 10.9. The van der Waals surface area contributed by atoms with Crippen LogP contribution in [0.5, 0.6) is 0 Å². The third-order valence-electron chi connectivity index (χ3n) is 4.43. The van der Waals surface area contributed by atoms with E-state index >= 15 is 0 Å². The molecule has 112 valence electrons. The smallest absolute Gasteiger partial charge is 0.269 e. The van der Waals surface area contributed by atoms with Crippen LogP contribution in [0.25, 0.3) is 0 Å².